The molecular weight excluding hydrogens is 314 g/mol. The van der Waals surface area contributed by atoms with Gasteiger partial charge < -0.3 is 10.6 Å². The summed E-state index contributed by atoms with van der Waals surface area (Å²) < 4.78 is 13.8. The van der Waals surface area contributed by atoms with Crippen LogP contribution in [-0.4, -0.2) is 17.9 Å². The van der Waals surface area contributed by atoms with E-state index in [1.807, 2.05) is 0 Å². The second kappa shape index (κ2) is 6.33. The lowest BCUT2D eigenvalue weighted by molar-refractivity contribution is 0.0780. The van der Waals surface area contributed by atoms with E-state index < -0.39 is 11.7 Å². The number of carbonyl (C=O) groups is 1. The van der Waals surface area contributed by atoms with Crippen LogP contribution in [0.1, 0.15) is 15.9 Å². The fourth-order valence-corrected chi connectivity index (χ4v) is 2.21. The van der Waals surface area contributed by atoms with Crippen molar-refractivity contribution in [2.45, 2.75) is 6.54 Å². The number of hydrogen-bond donors (Lipinski definition) is 1. The summed E-state index contributed by atoms with van der Waals surface area (Å²) in [7, 11) is 1.58. The van der Waals surface area contributed by atoms with E-state index in [2.05, 4.69) is 0 Å². The van der Waals surface area contributed by atoms with Crippen molar-refractivity contribution in [2.24, 2.45) is 0 Å². The molecule has 0 saturated carbocycles. The van der Waals surface area contributed by atoms with Crippen molar-refractivity contribution >= 4 is 34.8 Å². The second-order valence-electron chi connectivity index (χ2n) is 4.65. The van der Waals surface area contributed by atoms with E-state index in [0.29, 0.717) is 16.6 Å². The maximum atomic E-state index is 13.8. The van der Waals surface area contributed by atoms with Crippen LogP contribution in [0.15, 0.2) is 36.4 Å². The van der Waals surface area contributed by atoms with Crippen LogP contribution in [-0.2, 0) is 6.54 Å². The third kappa shape index (κ3) is 3.65. The molecule has 0 unspecified atom stereocenters. The monoisotopic (exact) mass is 326 g/mol. The third-order valence-electron chi connectivity index (χ3n) is 2.97. The molecule has 21 heavy (non-hydrogen) atoms. The molecule has 0 aliphatic heterocycles. The Bertz CT molecular complexity index is 691. The standard InChI is InChI=1S/C15H13Cl2FN2O/c1-20(8-9-2-5-12(16)13(17)6-9)15(21)11-4-3-10(19)7-14(11)18/h2-7H,8,19H2,1H3. The molecule has 0 aliphatic carbocycles. The van der Waals surface area contributed by atoms with Gasteiger partial charge in [-0.2, -0.15) is 0 Å². The van der Waals surface area contributed by atoms with Crippen molar-refractivity contribution in [1.82, 2.24) is 4.90 Å². The molecule has 0 aromatic heterocycles. The number of anilines is 1. The summed E-state index contributed by atoms with van der Waals surface area (Å²) in [4.78, 5) is 13.6. The molecule has 2 aromatic rings. The summed E-state index contributed by atoms with van der Waals surface area (Å²) in [6.45, 7) is 0.291. The van der Waals surface area contributed by atoms with E-state index in [1.165, 1.54) is 17.0 Å². The average molecular weight is 327 g/mol. The number of nitrogen functional groups attached to an aromatic ring is 1. The third-order valence-corrected chi connectivity index (χ3v) is 3.71. The maximum Gasteiger partial charge on any atom is 0.256 e. The Morgan fingerprint density at radius 3 is 2.52 bits per heavy atom. The Hall–Kier alpha value is -1.78. The van der Waals surface area contributed by atoms with Crippen LogP contribution < -0.4 is 5.73 Å². The van der Waals surface area contributed by atoms with Gasteiger partial charge in [-0.25, -0.2) is 4.39 Å². The smallest absolute Gasteiger partial charge is 0.256 e. The van der Waals surface area contributed by atoms with Crippen LogP contribution >= 0.6 is 23.2 Å². The van der Waals surface area contributed by atoms with E-state index in [-0.39, 0.29) is 11.3 Å². The van der Waals surface area contributed by atoms with Gasteiger partial charge in [0.25, 0.3) is 5.91 Å². The molecule has 2 rings (SSSR count). The van der Waals surface area contributed by atoms with Crippen molar-refractivity contribution in [1.29, 1.82) is 0 Å². The van der Waals surface area contributed by atoms with Crippen molar-refractivity contribution < 1.29 is 9.18 Å². The Morgan fingerprint density at radius 2 is 1.90 bits per heavy atom. The molecule has 110 valence electrons. The molecule has 3 nitrogen and oxygen atoms in total. The molecule has 0 bridgehead atoms. The normalized spacial score (nSPS) is 10.5. The van der Waals surface area contributed by atoms with Crippen molar-refractivity contribution in [3.63, 3.8) is 0 Å². The highest BCUT2D eigenvalue weighted by Gasteiger charge is 2.16. The van der Waals surface area contributed by atoms with Crippen LogP contribution in [0.25, 0.3) is 0 Å². The lowest BCUT2D eigenvalue weighted by Crippen LogP contribution is -2.27. The summed E-state index contributed by atoms with van der Waals surface area (Å²) in [5, 5.41) is 0.854. The van der Waals surface area contributed by atoms with Gasteiger partial charge in [-0.1, -0.05) is 29.3 Å². The first-order chi connectivity index (χ1) is 9.88. The topological polar surface area (TPSA) is 46.3 Å². The van der Waals surface area contributed by atoms with Crippen molar-refractivity contribution in [3.8, 4) is 0 Å². The van der Waals surface area contributed by atoms with Gasteiger partial charge in [-0.15, -0.1) is 0 Å². The number of nitrogens with zero attached hydrogens (tertiary/aromatic N) is 1. The first-order valence-corrected chi connectivity index (χ1v) is 6.88. The molecule has 0 atom stereocenters. The molecule has 2 N–H and O–H groups in total. The van der Waals surface area contributed by atoms with Gasteiger partial charge in [-0.05, 0) is 35.9 Å². The quantitative estimate of drug-likeness (QED) is 0.867. The van der Waals surface area contributed by atoms with Crippen LogP contribution in [0, 0.1) is 5.82 Å². The molecule has 0 saturated heterocycles. The fraction of sp³-hybridized carbons (Fsp3) is 0.133. The highest BCUT2D eigenvalue weighted by molar-refractivity contribution is 6.42. The molecule has 6 heteroatoms. The number of halogens is 3. The van der Waals surface area contributed by atoms with Crippen molar-refractivity contribution in [2.75, 3.05) is 12.8 Å². The summed E-state index contributed by atoms with van der Waals surface area (Å²) in [5.74, 6) is -1.07. The lowest BCUT2D eigenvalue weighted by atomic mass is 10.1. The minimum atomic E-state index is -0.638. The summed E-state index contributed by atoms with van der Waals surface area (Å²) in [6.07, 6.45) is 0. The Kier molecular flexibility index (Phi) is 4.70. The lowest BCUT2D eigenvalue weighted by Gasteiger charge is -2.18. The SMILES string of the molecule is CN(Cc1ccc(Cl)c(Cl)c1)C(=O)c1ccc(N)cc1F. The molecular formula is C15H13Cl2FN2O. The van der Waals surface area contributed by atoms with Gasteiger partial charge in [0.2, 0.25) is 0 Å². The zero-order valence-corrected chi connectivity index (χ0v) is 12.7. The molecule has 0 spiro atoms. The van der Waals surface area contributed by atoms with Gasteiger partial charge in [0.15, 0.2) is 0 Å². The summed E-state index contributed by atoms with van der Waals surface area (Å²) >= 11 is 11.8. The molecule has 0 aliphatic rings. The van der Waals surface area contributed by atoms with E-state index >= 15 is 0 Å². The van der Waals surface area contributed by atoms with Gasteiger partial charge in [0.05, 0.1) is 15.6 Å². The van der Waals surface area contributed by atoms with Gasteiger partial charge >= 0.3 is 0 Å². The molecule has 0 radical (unpaired) electrons. The summed E-state index contributed by atoms with van der Waals surface area (Å²) in [6, 6.07) is 9.08. The van der Waals surface area contributed by atoms with Crippen LogP contribution in [0.5, 0.6) is 0 Å². The number of rotatable bonds is 3. The first kappa shape index (κ1) is 15.6. The second-order valence-corrected chi connectivity index (χ2v) is 5.46. The maximum absolute atomic E-state index is 13.8. The van der Waals surface area contributed by atoms with E-state index in [9.17, 15) is 9.18 Å². The average Bonchev–Trinajstić information content (AvgIpc) is 2.42. The highest BCUT2D eigenvalue weighted by Crippen LogP contribution is 2.23. The number of benzene rings is 2. The number of nitrogens with two attached hydrogens (primary N) is 1. The van der Waals surface area contributed by atoms with Crippen LogP contribution in [0.3, 0.4) is 0 Å². The van der Waals surface area contributed by atoms with Crippen LogP contribution in [0.2, 0.25) is 10.0 Å². The molecule has 1 amide bonds. The predicted octanol–water partition coefficient (Wildman–Crippen LogP) is 3.99. The number of hydrogen-bond acceptors (Lipinski definition) is 2. The van der Waals surface area contributed by atoms with E-state index in [4.69, 9.17) is 28.9 Å². The summed E-state index contributed by atoms with van der Waals surface area (Å²) in [5.41, 5.74) is 6.52. The fourth-order valence-electron chi connectivity index (χ4n) is 1.89. The predicted molar refractivity (Wildman–Crippen MR) is 83.1 cm³/mol. The van der Waals surface area contributed by atoms with Crippen LogP contribution in [0.4, 0.5) is 10.1 Å². The zero-order valence-electron chi connectivity index (χ0n) is 11.2. The van der Waals surface area contributed by atoms with Gasteiger partial charge in [0, 0.05) is 19.3 Å². The molecule has 2 aromatic carbocycles. The Morgan fingerprint density at radius 1 is 1.19 bits per heavy atom. The Balaban J connectivity index is 2.17. The number of carbonyl (C=O) groups excluding carboxylic acids is 1. The first-order valence-electron chi connectivity index (χ1n) is 6.13. The van der Waals surface area contributed by atoms with Gasteiger partial charge in [0.1, 0.15) is 5.82 Å². The minimum Gasteiger partial charge on any atom is -0.399 e. The minimum absolute atomic E-state index is 0.0215. The largest absolute Gasteiger partial charge is 0.399 e. The van der Waals surface area contributed by atoms with E-state index in [1.54, 1.807) is 25.2 Å². The number of amides is 1. The van der Waals surface area contributed by atoms with Crippen molar-refractivity contribution in [3.05, 3.63) is 63.4 Å². The molecule has 0 heterocycles. The van der Waals surface area contributed by atoms with E-state index in [0.717, 1.165) is 11.6 Å². The zero-order chi connectivity index (χ0) is 15.6. The van der Waals surface area contributed by atoms with Gasteiger partial charge in [-0.3, -0.25) is 4.79 Å². The Labute approximate surface area is 132 Å². The highest BCUT2D eigenvalue weighted by atomic mass is 35.5. The molecule has 0 fully saturated rings.